The highest BCUT2D eigenvalue weighted by Crippen LogP contribution is 2.20. The summed E-state index contributed by atoms with van der Waals surface area (Å²) in [7, 11) is 0. The topological polar surface area (TPSA) is 57.8 Å². The molecule has 2 aromatic rings. The van der Waals surface area contributed by atoms with E-state index in [1.807, 2.05) is 0 Å². The highest BCUT2D eigenvalue weighted by Gasteiger charge is 2.09. The van der Waals surface area contributed by atoms with Gasteiger partial charge in [-0.2, -0.15) is 5.10 Å². The van der Waals surface area contributed by atoms with Gasteiger partial charge in [0.1, 0.15) is 5.82 Å². The summed E-state index contributed by atoms with van der Waals surface area (Å²) in [5.41, 5.74) is 2.26. The van der Waals surface area contributed by atoms with Crippen molar-refractivity contribution in [1.82, 2.24) is 10.2 Å². The number of aromatic amines is 1. The Balaban J connectivity index is 2.14. The number of carbonyl (C=O) groups excluding carboxylic acids is 1. The highest BCUT2D eigenvalue weighted by atomic mass is 35.5. The molecule has 1 aromatic heterocycles. The van der Waals surface area contributed by atoms with E-state index in [4.69, 9.17) is 11.6 Å². The van der Waals surface area contributed by atoms with Crippen molar-refractivity contribution >= 4 is 29.3 Å². The van der Waals surface area contributed by atoms with Crippen LogP contribution in [0.4, 0.5) is 10.1 Å². The van der Waals surface area contributed by atoms with E-state index in [-0.39, 0.29) is 16.5 Å². The summed E-state index contributed by atoms with van der Waals surface area (Å²) < 4.78 is 13.5. The Kier molecular flexibility index (Phi) is 4.20. The van der Waals surface area contributed by atoms with E-state index in [0.717, 1.165) is 5.69 Å². The monoisotopic (exact) mass is 293 g/mol. The largest absolute Gasteiger partial charge is 0.319 e. The van der Waals surface area contributed by atoms with Crippen LogP contribution < -0.4 is 5.32 Å². The molecule has 0 radical (unpaired) electrons. The molecule has 0 atom stereocenters. The van der Waals surface area contributed by atoms with Gasteiger partial charge in [0.2, 0.25) is 5.91 Å². The lowest BCUT2D eigenvalue weighted by Gasteiger charge is -2.02. The van der Waals surface area contributed by atoms with Crippen LogP contribution in [0.2, 0.25) is 5.02 Å². The molecular formula is C14H13ClFN3O. The van der Waals surface area contributed by atoms with Crippen LogP contribution in [-0.2, 0) is 4.79 Å². The number of amides is 1. The maximum absolute atomic E-state index is 13.5. The number of nitrogens with zero attached hydrogens (tertiary/aromatic N) is 1. The smallest absolute Gasteiger partial charge is 0.248 e. The molecular weight excluding hydrogens is 281 g/mol. The van der Waals surface area contributed by atoms with Gasteiger partial charge in [0, 0.05) is 11.6 Å². The predicted molar refractivity (Wildman–Crippen MR) is 77.1 cm³/mol. The Labute approximate surface area is 120 Å². The quantitative estimate of drug-likeness (QED) is 0.851. The van der Waals surface area contributed by atoms with Crippen molar-refractivity contribution in [2.45, 2.75) is 13.8 Å². The van der Waals surface area contributed by atoms with Crippen LogP contribution >= 0.6 is 11.6 Å². The van der Waals surface area contributed by atoms with Crippen LogP contribution in [0.25, 0.3) is 6.08 Å². The van der Waals surface area contributed by atoms with Gasteiger partial charge in [-0.15, -0.1) is 0 Å². The standard InChI is InChI=1S/C14H13ClFN3O/c1-8-14(9(2)19-18-8)17-13(20)7-6-10-11(15)4-3-5-12(10)16/h3-7H,1-2H3,(H,17,20)(H,18,19)/b7-6+. The number of benzene rings is 1. The number of hydrogen-bond acceptors (Lipinski definition) is 2. The number of halogens is 2. The minimum absolute atomic E-state index is 0.185. The van der Waals surface area contributed by atoms with E-state index in [2.05, 4.69) is 15.5 Å². The van der Waals surface area contributed by atoms with Crippen LogP contribution in [0.3, 0.4) is 0 Å². The molecule has 1 heterocycles. The first-order valence-corrected chi connectivity index (χ1v) is 6.31. The van der Waals surface area contributed by atoms with E-state index >= 15 is 0 Å². The number of carbonyl (C=O) groups is 1. The number of anilines is 1. The SMILES string of the molecule is Cc1n[nH]c(C)c1NC(=O)/C=C/c1c(F)cccc1Cl. The first-order valence-electron chi connectivity index (χ1n) is 5.93. The summed E-state index contributed by atoms with van der Waals surface area (Å²) in [4.78, 5) is 11.8. The van der Waals surface area contributed by atoms with Crippen LogP contribution in [0.1, 0.15) is 17.0 Å². The Morgan fingerprint density at radius 1 is 1.45 bits per heavy atom. The number of rotatable bonds is 3. The maximum Gasteiger partial charge on any atom is 0.248 e. The molecule has 0 aliphatic heterocycles. The van der Waals surface area contributed by atoms with Crippen molar-refractivity contribution in [2.75, 3.05) is 5.32 Å². The van der Waals surface area contributed by atoms with E-state index in [9.17, 15) is 9.18 Å². The molecule has 0 saturated carbocycles. The average Bonchev–Trinajstić information content (AvgIpc) is 2.70. The maximum atomic E-state index is 13.5. The van der Waals surface area contributed by atoms with Crippen LogP contribution in [0.5, 0.6) is 0 Å². The van der Waals surface area contributed by atoms with Crippen molar-refractivity contribution in [3.8, 4) is 0 Å². The Morgan fingerprint density at radius 3 is 2.80 bits per heavy atom. The molecule has 0 fully saturated rings. The third-order valence-corrected chi connectivity index (χ3v) is 3.11. The van der Waals surface area contributed by atoms with Crippen LogP contribution in [0.15, 0.2) is 24.3 Å². The van der Waals surface area contributed by atoms with Gasteiger partial charge >= 0.3 is 0 Å². The molecule has 2 N–H and O–H groups in total. The molecule has 20 heavy (non-hydrogen) atoms. The normalized spacial score (nSPS) is 11.0. The molecule has 0 aliphatic carbocycles. The number of nitrogens with one attached hydrogen (secondary N) is 2. The number of aryl methyl sites for hydroxylation is 2. The van der Waals surface area contributed by atoms with Crippen LogP contribution in [0, 0.1) is 19.7 Å². The highest BCUT2D eigenvalue weighted by molar-refractivity contribution is 6.32. The minimum atomic E-state index is -0.475. The first-order chi connectivity index (χ1) is 9.49. The van der Waals surface area contributed by atoms with E-state index in [1.54, 1.807) is 19.9 Å². The van der Waals surface area contributed by atoms with Gasteiger partial charge in [0.05, 0.1) is 22.1 Å². The fourth-order valence-corrected chi connectivity index (χ4v) is 1.95. The van der Waals surface area contributed by atoms with Gasteiger partial charge in [0.25, 0.3) is 0 Å². The molecule has 2 rings (SSSR count). The Morgan fingerprint density at radius 2 is 2.20 bits per heavy atom. The summed E-state index contributed by atoms with van der Waals surface area (Å²) in [5.74, 6) is -0.853. The van der Waals surface area contributed by atoms with Crippen molar-refractivity contribution in [2.24, 2.45) is 0 Å². The lowest BCUT2D eigenvalue weighted by molar-refractivity contribution is -0.111. The lowest BCUT2D eigenvalue weighted by Crippen LogP contribution is -2.09. The zero-order chi connectivity index (χ0) is 14.7. The molecule has 0 bridgehead atoms. The number of H-pyrrole nitrogens is 1. The Bertz CT molecular complexity index is 639. The molecule has 104 valence electrons. The summed E-state index contributed by atoms with van der Waals surface area (Å²) in [6.45, 7) is 3.57. The van der Waals surface area contributed by atoms with Gasteiger partial charge in [-0.3, -0.25) is 9.89 Å². The van der Waals surface area contributed by atoms with Gasteiger partial charge in [0.15, 0.2) is 0 Å². The fraction of sp³-hybridized carbons (Fsp3) is 0.143. The second-order valence-electron chi connectivity index (χ2n) is 4.27. The molecule has 0 spiro atoms. The summed E-state index contributed by atoms with van der Waals surface area (Å²) in [5, 5.41) is 9.67. The Hall–Kier alpha value is -2.14. The van der Waals surface area contributed by atoms with E-state index in [1.165, 1.54) is 24.3 Å². The molecule has 4 nitrogen and oxygen atoms in total. The second-order valence-corrected chi connectivity index (χ2v) is 4.67. The second kappa shape index (κ2) is 5.88. The van der Waals surface area contributed by atoms with Crippen molar-refractivity contribution in [3.05, 3.63) is 52.1 Å². The average molecular weight is 294 g/mol. The summed E-state index contributed by atoms with van der Waals surface area (Å²) in [6, 6.07) is 4.35. The molecule has 0 unspecified atom stereocenters. The van der Waals surface area contributed by atoms with Gasteiger partial charge in [-0.1, -0.05) is 17.7 Å². The summed E-state index contributed by atoms with van der Waals surface area (Å²) in [6.07, 6.45) is 2.58. The predicted octanol–water partition coefficient (Wildman–Crippen LogP) is 3.47. The lowest BCUT2D eigenvalue weighted by atomic mass is 10.2. The van der Waals surface area contributed by atoms with Crippen LogP contribution in [-0.4, -0.2) is 16.1 Å². The molecule has 1 aromatic carbocycles. The fourth-order valence-electron chi connectivity index (χ4n) is 1.73. The van der Waals surface area contributed by atoms with Crippen molar-refractivity contribution < 1.29 is 9.18 Å². The number of aromatic nitrogens is 2. The van der Waals surface area contributed by atoms with Gasteiger partial charge in [-0.25, -0.2) is 4.39 Å². The third-order valence-electron chi connectivity index (χ3n) is 2.78. The third kappa shape index (κ3) is 3.05. The van der Waals surface area contributed by atoms with Crippen molar-refractivity contribution in [3.63, 3.8) is 0 Å². The zero-order valence-electron chi connectivity index (χ0n) is 11.0. The van der Waals surface area contributed by atoms with E-state index < -0.39 is 5.82 Å². The van der Waals surface area contributed by atoms with Gasteiger partial charge in [-0.05, 0) is 32.1 Å². The minimum Gasteiger partial charge on any atom is -0.319 e. The molecule has 1 amide bonds. The molecule has 0 aliphatic rings. The zero-order valence-corrected chi connectivity index (χ0v) is 11.8. The van der Waals surface area contributed by atoms with Crippen molar-refractivity contribution in [1.29, 1.82) is 0 Å². The first kappa shape index (κ1) is 14.3. The summed E-state index contributed by atoms with van der Waals surface area (Å²) >= 11 is 5.87. The molecule has 6 heteroatoms. The molecule has 0 saturated heterocycles. The van der Waals surface area contributed by atoms with Gasteiger partial charge < -0.3 is 5.32 Å². The number of hydrogen-bond donors (Lipinski definition) is 2. The van der Waals surface area contributed by atoms with E-state index in [0.29, 0.717) is 11.4 Å².